The largest absolute Gasteiger partial charge is 0.493 e. The fraction of sp³-hybridized carbons (Fsp3) is 0.278. The molecule has 0 aliphatic carbocycles. The Morgan fingerprint density at radius 3 is 3.00 bits per heavy atom. The van der Waals surface area contributed by atoms with Crippen LogP contribution in [0.2, 0.25) is 0 Å². The lowest BCUT2D eigenvalue weighted by atomic mass is 10.0. The van der Waals surface area contributed by atoms with Crippen LogP contribution >= 0.6 is 0 Å². The number of nitrogens with zero attached hydrogens (tertiary/aromatic N) is 3. The highest BCUT2D eigenvalue weighted by Crippen LogP contribution is 2.26. The van der Waals surface area contributed by atoms with Crippen LogP contribution in [0.3, 0.4) is 0 Å². The predicted octanol–water partition coefficient (Wildman–Crippen LogP) is 2.97. The van der Waals surface area contributed by atoms with Gasteiger partial charge in [0, 0.05) is 11.9 Å². The van der Waals surface area contributed by atoms with E-state index in [-0.39, 0.29) is 0 Å². The summed E-state index contributed by atoms with van der Waals surface area (Å²) >= 11 is 0. The van der Waals surface area contributed by atoms with Crippen molar-refractivity contribution in [3.05, 3.63) is 71.1 Å². The smallest absolute Gasteiger partial charge is 0.231 e. The van der Waals surface area contributed by atoms with Gasteiger partial charge in [0.25, 0.3) is 0 Å². The zero-order valence-electron chi connectivity index (χ0n) is 12.7. The monoisotopic (exact) mass is 307 g/mol. The third kappa shape index (κ3) is 3.23. The van der Waals surface area contributed by atoms with Crippen LogP contribution in [0.1, 0.15) is 35.0 Å². The minimum absolute atomic E-state index is 0.586. The number of ether oxygens (including phenoxy) is 1. The predicted molar refractivity (Wildman–Crippen MR) is 84.4 cm³/mol. The topological polar surface area (TPSA) is 61.0 Å². The van der Waals surface area contributed by atoms with Crippen LogP contribution in [-0.2, 0) is 19.3 Å². The Kier molecular flexibility index (Phi) is 3.76. The standard InChI is InChI=1S/C18H17N3O2/c1-2-8-19-15(5-1)12-17-20-18(23-21-17)11-13-6-7-16-14(10-13)4-3-9-22-16/h1-2,5-8,10H,3-4,9,11-12H2. The number of benzene rings is 1. The number of rotatable bonds is 4. The van der Waals surface area contributed by atoms with Crippen molar-refractivity contribution in [2.75, 3.05) is 6.61 Å². The van der Waals surface area contributed by atoms with Crippen LogP contribution in [0.4, 0.5) is 0 Å². The minimum Gasteiger partial charge on any atom is -0.493 e. The average Bonchev–Trinajstić information content (AvgIpc) is 3.02. The molecule has 116 valence electrons. The summed E-state index contributed by atoms with van der Waals surface area (Å²) < 4.78 is 11.0. The third-order valence-corrected chi connectivity index (χ3v) is 3.90. The molecular weight excluding hydrogens is 290 g/mol. The number of hydrogen-bond donors (Lipinski definition) is 0. The van der Waals surface area contributed by atoms with E-state index in [0.717, 1.165) is 30.9 Å². The van der Waals surface area contributed by atoms with Crippen molar-refractivity contribution in [2.24, 2.45) is 0 Å². The highest BCUT2D eigenvalue weighted by atomic mass is 16.5. The van der Waals surface area contributed by atoms with Gasteiger partial charge in [0.15, 0.2) is 5.82 Å². The second-order valence-corrected chi connectivity index (χ2v) is 5.67. The van der Waals surface area contributed by atoms with Gasteiger partial charge in [-0.2, -0.15) is 4.98 Å². The van der Waals surface area contributed by atoms with E-state index in [1.807, 2.05) is 24.3 Å². The molecule has 4 rings (SSSR count). The van der Waals surface area contributed by atoms with E-state index in [1.165, 1.54) is 11.1 Å². The highest BCUT2D eigenvalue weighted by molar-refractivity contribution is 5.39. The van der Waals surface area contributed by atoms with E-state index in [9.17, 15) is 0 Å². The molecule has 1 aromatic carbocycles. The van der Waals surface area contributed by atoms with Crippen molar-refractivity contribution in [1.82, 2.24) is 15.1 Å². The Morgan fingerprint density at radius 2 is 2.09 bits per heavy atom. The summed E-state index contributed by atoms with van der Waals surface area (Å²) in [5.41, 5.74) is 3.37. The van der Waals surface area contributed by atoms with Gasteiger partial charge in [-0.15, -0.1) is 0 Å². The Balaban J connectivity index is 1.47. The molecule has 0 atom stereocenters. The molecule has 0 spiro atoms. The molecule has 0 bridgehead atoms. The molecule has 0 unspecified atom stereocenters. The summed E-state index contributed by atoms with van der Waals surface area (Å²) in [6.45, 7) is 0.812. The molecule has 3 aromatic rings. The molecule has 0 amide bonds. The molecule has 0 saturated carbocycles. The van der Waals surface area contributed by atoms with Gasteiger partial charge in [-0.05, 0) is 42.2 Å². The van der Waals surface area contributed by atoms with E-state index in [2.05, 4.69) is 27.3 Å². The second kappa shape index (κ2) is 6.20. The van der Waals surface area contributed by atoms with E-state index in [0.29, 0.717) is 24.6 Å². The highest BCUT2D eigenvalue weighted by Gasteiger charge is 2.13. The summed E-state index contributed by atoms with van der Waals surface area (Å²) in [6.07, 6.45) is 5.14. The Hall–Kier alpha value is -2.69. The Bertz CT molecular complexity index is 799. The molecular formula is C18H17N3O2. The van der Waals surface area contributed by atoms with Crippen molar-refractivity contribution in [1.29, 1.82) is 0 Å². The van der Waals surface area contributed by atoms with Gasteiger partial charge < -0.3 is 9.26 Å². The van der Waals surface area contributed by atoms with Gasteiger partial charge in [-0.3, -0.25) is 4.98 Å². The first-order valence-electron chi connectivity index (χ1n) is 7.83. The summed E-state index contributed by atoms with van der Waals surface area (Å²) in [5.74, 6) is 2.30. The lowest BCUT2D eigenvalue weighted by Crippen LogP contribution is -2.08. The number of pyridine rings is 1. The number of aryl methyl sites for hydroxylation is 1. The van der Waals surface area contributed by atoms with Crippen LogP contribution in [0.15, 0.2) is 47.1 Å². The first-order chi connectivity index (χ1) is 11.4. The van der Waals surface area contributed by atoms with Crippen molar-refractivity contribution >= 4 is 0 Å². The van der Waals surface area contributed by atoms with Gasteiger partial charge in [-0.1, -0.05) is 23.4 Å². The van der Waals surface area contributed by atoms with Gasteiger partial charge in [0.2, 0.25) is 5.89 Å². The summed E-state index contributed by atoms with van der Waals surface area (Å²) in [6, 6.07) is 12.1. The molecule has 23 heavy (non-hydrogen) atoms. The lowest BCUT2D eigenvalue weighted by Gasteiger charge is -2.17. The Labute approximate surface area is 134 Å². The molecule has 5 heteroatoms. The summed E-state index contributed by atoms with van der Waals surface area (Å²) in [5, 5.41) is 4.04. The normalized spacial score (nSPS) is 13.4. The molecule has 0 saturated heterocycles. The maximum absolute atomic E-state index is 5.64. The van der Waals surface area contributed by atoms with Crippen LogP contribution < -0.4 is 4.74 Å². The molecule has 0 N–H and O–H groups in total. The zero-order chi connectivity index (χ0) is 15.5. The van der Waals surface area contributed by atoms with Gasteiger partial charge >= 0.3 is 0 Å². The fourth-order valence-electron chi connectivity index (χ4n) is 2.80. The SMILES string of the molecule is c1ccc(Cc2noc(Cc3ccc4c(c3)CCCO4)n2)nc1. The maximum Gasteiger partial charge on any atom is 0.231 e. The van der Waals surface area contributed by atoms with Gasteiger partial charge in [-0.25, -0.2) is 0 Å². The zero-order valence-corrected chi connectivity index (χ0v) is 12.7. The molecule has 1 aliphatic heterocycles. The van der Waals surface area contributed by atoms with Crippen LogP contribution in [0.5, 0.6) is 5.75 Å². The fourth-order valence-corrected chi connectivity index (χ4v) is 2.80. The van der Waals surface area contributed by atoms with Crippen LogP contribution in [0.25, 0.3) is 0 Å². The minimum atomic E-state index is 0.586. The molecule has 0 radical (unpaired) electrons. The maximum atomic E-state index is 5.64. The van der Waals surface area contributed by atoms with Crippen molar-refractivity contribution < 1.29 is 9.26 Å². The summed E-state index contributed by atoms with van der Waals surface area (Å²) in [7, 11) is 0. The first kappa shape index (κ1) is 13.9. The summed E-state index contributed by atoms with van der Waals surface area (Å²) in [4.78, 5) is 8.74. The molecule has 3 heterocycles. The molecule has 5 nitrogen and oxygen atoms in total. The van der Waals surface area contributed by atoms with Gasteiger partial charge in [0.05, 0.1) is 19.4 Å². The van der Waals surface area contributed by atoms with E-state index >= 15 is 0 Å². The number of hydrogen-bond acceptors (Lipinski definition) is 5. The molecule has 1 aliphatic rings. The molecule has 2 aromatic heterocycles. The Morgan fingerprint density at radius 1 is 1.09 bits per heavy atom. The van der Waals surface area contributed by atoms with Crippen molar-refractivity contribution in [3.8, 4) is 5.75 Å². The van der Waals surface area contributed by atoms with E-state index < -0.39 is 0 Å². The quantitative estimate of drug-likeness (QED) is 0.741. The van der Waals surface area contributed by atoms with Crippen molar-refractivity contribution in [3.63, 3.8) is 0 Å². The van der Waals surface area contributed by atoms with Crippen molar-refractivity contribution in [2.45, 2.75) is 25.7 Å². The third-order valence-electron chi connectivity index (χ3n) is 3.90. The average molecular weight is 307 g/mol. The number of aromatic nitrogens is 3. The first-order valence-corrected chi connectivity index (χ1v) is 7.83. The molecule has 0 fully saturated rings. The van der Waals surface area contributed by atoms with Crippen LogP contribution in [-0.4, -0.2) is 21.7 Å². The van der Waals surface area contributed by atoms with E-state index in [4.69, 9.17) is 9.26 Å². The second-order valence-electron chi connectivity index (χ2n) is 5.67. The number of fused-ring (bicyclic) bond motifs is 1. The van der Waals surface area contributed by atoms with Gasteiger partial charge in [0.1, 0.15) is 5.75 Å². The van der Waals surface area contributed by atoms with Crippen LogP contribution in [0, 0.1) is 0 Å². The van der Waals surface area contributed by atoms with E-state index in [1.54, 1.807) is 6.20 Å². The lowest BCUT2D eigenvalue weighted by molar-refractivity contribution is 0.288.